The number of likely N-dealkylation sites (tertiary alicyclic amines) is 1. The summed E-state index contributed by atoms with van der Waals surface area (Å²) in [6.45, 7) is 14.5. The highest BCUT2D eigenvalue weighted by Crippen LogP contribution is 2.24. The van der Waals surface area contributed by atoms with Crippen LogP contribution < -0.4 is 10.6 Å². The monoisotopic (exact) mass is 523 g/mol. The molecule has 28 heavy (non-hydrogen) atoms. The largest absolute Gasteiger partial charge is 0.385 e. The second-order valence-electron chi connectivity index (χ2n) is 8.18. The minimum absolute atomic E-state index is 0. The topological polar surface area (TPSA) is 61.8 Å². The highest BCUT2D eigenvalue weighted by molar-refractivity contribution is 14.0. The molecule has 0 bridgehead atoms. The Labute approximate surface area is 192 Å². The van der Waals surface area contributed by atoms with Gasteiger partial charge in [0.15, 0.2) is 5.96 Å². The van der Waals surface area contributed by atoms with Crippen LogP contribution in [0.4, 0.5) is 0 Å². The average molecular weight is 524 g/mol. The van der Waals surface area contributed by atoms with Crippen LogP contribution in [-0.4, -0.2) is 61.8 Å². The molecular weight excluding hydrogens is 485 g/mol. The number of rotatable bonds is 8. The molecule has 1 aromatic heterocycles. The fourth-order valence-electron chi connectivity index (χ4n) is 3.12. The van der Waals surface area contributed by atoms with E-state index in [1.807, 2.05) is 0 Å². The molecule has 6 nitrogen and oxygen atoms in total. The number of thiazole rings is 1. The molecule has 0 aliphatic carbocycles. The standard InChI is InChI=1S/C20H37N5OS.HI/c1-6-21-19(22-14-18-24-17(15-27-18)20(2,3)4)23-16-8-11-25(12-9-16)10-7-13-26-5;/h15-16H,6-14H2,1-5H3,(H2,21,22,23);1H. The van der Waals surface area contributed by atoms with E-state index in [-0.39, 0.29) is 29.4 Å². The van der Waals surface area contributed by atoms with Crippen LogP contribution in [0.3, 0.4) is 0 Å². The van der Waals surface area contributed by atoms with Crippen LogP contribution >= 0.6 is 35.3 Å². The molecule has 2 rings (SSSR count). The summed E-state index contributed by atoms with van der Waals surface area (Å²) in [5.74, 6) is 0.905. The van der Waals surface area contributed by atoms with Crippen molar-refractivity contribution in [3.05, 3.63) is 16.1 Å². The molecule has 0 amide bonds. The van der Waals surface area contributed by atoms with E-state index in [4.69, 9.17) is 14.7 Å². The zero-order valence-electron chi connectivity index (χ0n) is 18.1. The highest BCUT2D eigenvalue weighted by atomic mass is 127. The fraction of sp³-hybridized carbons (Fsp3) is 0.800. The molecule has 2 N–H and O–H groups in total. The molecule has 1 aliphatic rings. The Bertz CT molecular complexity index is 579. The molecule has 2 heterocycles. The lowest BCUT2D eigenvalue weighted by Crippen LogP contribution is -2.48. The van der Waals surface area contributed by atoms with Gasteiger partial charge in [0.1, 0.15) is 5.01 Å². The molecule has 0 aromatic carbocycles. The van der Waals surface area contributed by atoms with Gasteiger partial charge in [0.2, 0.25) is 0 Å². The number of ether oxygens (including phenoxy) is 1. The third-order valence-corrected chi connectivity index (χ3v) is 5.62. The van der Waals surface area contributed by atoms with Crippen molar-refractivity contribution in [2.45, 2.75) is 65.0 Å². The first-order valence-electron chi connectivity index (χ1n) is 10.1. The fourth-order valence-corrected chi connectivity index (χ4v) is 4.07. The van der Waals surface area contributed by atoms with Crippen molar-refractivity contribution >= 4 is 41.3 Å². The maximum Gasteiger partial charge on any atom is 0.191 e. The van der Waals surface area contributed by atoms with Crippen LogP contribution in [0.15, 0.2) is 10.4 Å². The molecular formula is C20H38IN5OS. The van der Waals surface area contributed by atoms with E-state index in [2.05, 4.69) is 48.6 Å². The summed E-state index contributed by atoms with van der Waals surface area (Å²) < 4.78 is 5.15. The normalized spacial score (nSPS) is 16.7. The van der Waals surface area contributed by atoms with Crippen molar-refractivity contribution < 1.29 is 4.74 Å². The van der Waals surface area contributed by atoms with Gasteiger partial charge in [-0.1, -0.05) is 20.8 Å². The number of hydrogen-bond acceptors (Lipinski definition) is 5. The summed E-state index contributed by atoms with van der Waals surface area (Å²) in [4.78, 5) is 12.0. The number of aromatic nitrogens is 1. The SMILES string of the molecule is CCNC(=NCc1nc(C(C)(C)C)cs1)NC1CCN(CCCOC)CC1.I. The van der Waals surface area contributed by atoms with Gasteiger partial charge in [0.25, 0.3) is 0 Å². The first-order chi connectivity index (χ1) is 12.9. The van der Waals surface area contributed by atoms with Gasteiger partial charge in [-0.05, 0) is 26.2 Å². The number of aliphatic imine (C=N–C) groups is 1. The van der Waals surface area contributed by atoms with Crippen molar-refractivity contribution in [1.29, 1.82) is 0 Å². The van der Waals surface area contributed by atoms with Gasteiger partial charge in [-0.3, -0.25) is 0 Å². The molecule has 8 heteroatoms. The Kier molecular flexibility index (Phi) is 11.9. The van der Waals surface area contributed by atoms with E-state index in [1.165, 1.54) is 0 Å². The first-order valence-corrected chi connectivity index (χ1v) is 11.0. The Hall–Kier alpha value is -0.450. The van der Waals surface area contributed by atoms with Crippen molar-refractivity contribution in [2.75, 3.05) is 39.9 Å². The quantitative estimate of drug-likeness (QED) is 0.236. The number of hydrogen-bond donors (Lipinski definition) is 2. The summed E-state index contributed by atoms with van der Waals surface area (Å²) >= 11 is 1.70. The summed E-state index contributed by atoms with van der Waals surface area (Å²) in [6.07, 6.45) is 3.43. The van der Waals surface area contributed by atoms with Crippen LogP contribution in [0.25, 0.3) is 0 Å². The van der Waals surface area contributed by atoms with Crippen molar-refractivity contribution in [3.8, 4) is 0 Å². The summed E-state index contributed by atoms with van der Waals surface area (Å²) in [5.41, 5.74) is 1.25. The third-order valence-electron chi connectivity index (χ3n) is 4.79. The molecule has 0 unspecified atom stereocenters. The number of piperidine rings is 1. The zero-order valence-corrected chi connectivity index (χ0v) is 21.2. The second-order valence-corrected chi connectivity index (χ2v) is 9.12. The van der Waals surface area contributed by atoms with Crippen LogP contribution in [0, 0.1) is 0 Å². The molecule has 0 atom stereocenters. The first kappa shape index (κ1) is 25.6. The lowest BCUT2D eigenvalue weighted by molar-refractivity contribution is 0.155. The summed E-state index contributed by atoms with van der Waals surface area (Å²) in [5, 5.41) is 10.2. The maximum atomic E-state index is 5.15. The number of guanidine groups is 1. The van der Waals surface area contributed by atoms with E-state index in [1.54, 1.807) is 18.4 Å². The lowest BCUT2D eigenvalue weighted by atomic mass is 9.93. The second kappa shape index (κ2) is 13.0. The summed E-state index contributed by atoms with van der Waals surface area (Å²) in [7, 11) is 1.77. The van der Waals surface area contributed by atoms with Gasteiger partial charge in [-0.2, -0.15) is 0 Å². The van der Waals surface area contributed by atoms with Gasteiger partial charge >= 0.3 is 0 Å². The van der Waals surface area contributed by atoms with Crippen LogP contribution in [0.2, 0.25) is 0 Å². The third kappa shape index (κ3) is 8.92. The number of methoxy groups -OCH3 is 1. The molecule has 162 valence electrons. The molecule has 1 aromatic rings. The average Bonchev–Trinajstić information content (AvgIpc) is 3.11. The van der Waals surface area contributed by atoms with Gasteiger partial charge < -0.3 is 20.3 Å². The van der Waals surface area contributed by atoms with Crippen molar-refractivity contribution in [1.82, 2.24) is 20.5 Å². The minimum Gasteiger partial charge on any atom is -0.385 e. The zero-order chi connectivity index (χ0) is 19.7. The Balaban J connectivity index is 0.00000392. The Morgan fingerprint density at radius 3 is 2.64 bits per heavy atom. The maximum absolute atomic E-state index is 5.15. The van der Waals surface area contributed by atoms with Crippen molar-refractivity contribution in [3.63, 3.8) is 0 Å². The van der Waals surface area contributed by atoms with Crippen LogP contribution in [0.5, 0.6) is 0 Å². The molecule has 1 saturated heterocycles. The molecule has 0 spiro atoms. The van der Waals surface area contributed by atoms with E-state index < -0.39 is 0 Å². The summed E-state index contributed by atoms with van der Waals surface area (Å²) in [6, 6.07) is 0.489. The minimum atomic E-state index is 0. The van der Waals surface area contributed by atoms with Crippen molar-refractivity contribution in [2.24, 2.45) is 4.99 Å². The number of nitrogens with one attached hydrogen (secondary N) is 2. The van der Waals surface area contributed by atoms with Crippen LogP contribution in [-0.2, 0) is 16.7 Å². The van der Waals surface area contributed by atoms with Gasteiger partial charge in [0, 0.05) is 56.7 Å². The highest BCUT2D eigenvalue weighted by Gasteiger charge is 2.20. The van der Waals surface area contributed by atoms with Gasteiger partial charge in [0.05, 0.1) is 12.2 Å². The molecule has 0 saturated carbocycles. The van der Waals surface area contributed by atoms with Gasteiger partial charge in [-0.25, -0.2) is 9.98 Å². The van der Waals surface area contributed by atoms with E-state index in [0.717, 1.165) is 68.7 Å². The molecule has 1 aliphatic heterocycles. The predicted molar refractivity (Wildman–Crippen MR) is 130 cm³/mol. The van der Waals surface area contributed by atoms with E-state index in [0.29, 0.717) is 12.6 Å². The Morgan fingerprint density at radius 1 is 1.36 bits per heavy atom. The van der Waals surface area contributed by atoms with E-state index >= 15 is 0 Å². The number of halogens is 1. The van der Waals surface area contributed by atoms with E-state index in [9.17, 15) is 0 Å². The molecule has 0 radical (unpaired) electrons. The van der Waals surface area contributed by atoms with Gasteiger partial charge in [-0.15, -0.1) is 35.3 Å². The number of nitrogens with zero attached hydrogens (tertiary/aromatic N) is 3. The van der Waals surface area contributed by atoms with Crippen LogP contribution in [0.1, 0.15) is 57.7 Å². The lowest BCUT2D eigenvalue weighted by Gasteiger charge is -2.33. The molecule has 1 fully saturated rings. The predicted octanol–water partition coefficient (Wildman–Crippen LogP) is 3.61. The Morgan fingerprint density at radius 2 is 2.07 bits per heavy atom. The smallest absolute Gasteiger partial charge is 0.191 e.